The van der Waals surface area contributed by atoms with Crippen LogP contribution in [0.1, 0.15) is 31.2 Å². The van der Waals surface area contributed by atoms with E-state index in [0.717, 1.165) is 30.8 Å². The molecular formula is C13H15N3O. The van der Waals surface area contributed by atoms with Gasteiger partial charge in [-0.25, -0.2) is 9.97 Å². The molecule has 4 nitrogen and oxygen atoms in total. The highest BCUT2D eigenvalue weighted by Crippen LogP contribution is 2.07. The summed E-state index contributed by atoms with van der Waals surface area (Å²) in [4.78, 5) is 21.3. The molecule has 0 bridgehead atoms. The molecule has 4 heteroatoms. The monoisotopic (exact) mass is 229 g/mol. The maximum Gasteiger partial charge on any atom is 0.223 e. The number of rotatable bonds is 2. The average Bonchev–Trinajstić information content (AvgIpc) is 2.76. The summed E-state index contributed by atoms with van der Waals surface area (Å²) in [5.74, 6) is 6.17. The molecule has 2 rings (SSSR count). The van der Waals surface area contributed by atoms with Gasteiger partial charge in [-0.05, 0) is 24.8 Å². The van der Waals surface area contributed by atoms with Crippen molar-refractivity contribution in [2.24, 2.45) is 0 Å². The van der Waals surface area contributed by atoms with Crippen LogP contribution in [0.3, 0.4) is 0 Å². The van der Waals surface area contributed by atoms with Crippen molar-refractivity contribution in [1.29, 1.82) is 0 Å². The number of likely N-dealkylation sites (tertiary alicyclic amines) is 1. The average molecular weight is 229 g/mol. The van der Waals surface area contributed by atoms with Gasteiger partial charge in [-0.1, -0.05) is 12.8 Å². The Morgan fingerprint density at radius 3 is 3.06 bits per heavy atom. The van der Waals surface area contributed by atoms with Crippen LogP contribution in [0.15, 0.2) is 12.4 Å². The second kappa shape index (κ2) is 5.44. The Kier molecular flexibility index (Phi) is 3.71. The van der Waals surface area contributed by atoms with E-state index in [1.165, 1.54) is 6.33 Å². The molecule has 2 heterocycles. The van der Waals surface area contributed by atoms with Crippen molar-refractivity contribution in [3.8, 4) is 11.8 Å². The van der Waals surface area contributed by atoms with Crippen molar-refractivity contribution >= 4 is 5.91 Å². The Hall–Kier alpha value is -1.89. The molecule has 0 radical (unpaired) electrons. The van der Waals surface area contributed by atoms with E-state index >= 15 is 0 Å². The van der Waals surface area contributed by atoms with E-state index in [9.17, 15) is 4.79 Å². The lowest BCUT2D eigenvalue weighted by Gasteiger charge is -2.09. The predicted molar refractivity (Wildman–Crippen MR) is 64.1 cm³/mol. The minimum absolute atomic E-state index is 0.205. The summed E-state index contributed by atoms with van der Waals surface area (Å²) < 4.78 is 0. The van der Waals surface area contributed by atoms with E-state index in [1.807, 2.05) is 13.0 Å². The molecule has 1 aromatic rings. The minimum atomic E-state index is 0.205. The molecule has 1 aliphatic rings. The standard InChI is InChI=1S/C13H15N3O/c1-2-11-9-12(15-10-14-11)5-3-7-16-8-4-6-13(16)17/h9-10H,2,4,6-8H2,1H3. The van der Waals surface area contributed by atoms with E-state index in [0.29, 0.717) is 13.0 Å². The van der Waals surface area contributed by atoms with Gasteiger partial charge in [0.25, 0.3) is 0 Å². The number of aromatic nitrogens is 2. The first kappa shape index (κ1) is 11.6. The lowest BCUT2D eigenvalue weighted by Crippen LogP contribution is -2.24. The number of hydrogen-bond acceptors (Lipinski definition) is 3. The summed E-state index contributed by atoms with van der Waals surface area (Å²) in [5, 5.41) is 0. The Bertz CT molecular complexity index is 473. The van der Waals surface area contributed by atoms with Crippen LogP contribution in [0.2, 0.25) is 0 Å². The van der Waals surface area contributed by atoms with Gasteiger partial charge >= 0.3 is 0 Å². The van der Waals surface area contributed by atoms with Gasteiger partial charge in [0.2, 0.25) is 5.91 Å². The first-order valence-corrected chi connectivity index (χ1v) is 5.87. The SMILES string of the molecule is CCc1cc(C#CCN2CCCC2=O)ncn1. The molecule has 0 aromatic carbocycles. The molecule has 1 amide bonds. The van der Waals surface area contributed by atoms with Crippen LogP contribution in [-0.2, 0) is 11.2 Å². The highest BCUT2D eigenvalue weighted by molar-refractivity contribution is 5.78. The van der Waals surface area contributed by atoms with Crippen LogP contribution in [0, 0.1) is 11.8 Å². The van der Waals surface area contributed by atoms with Crippen molar-refractivity contribution in [2.45, 2.75) is 26.2 Å². The predicted octanol–water partition coefficient (Wildman–Crippen LogP) is 1.01. The third-order valence-corrected chi connectivity index (χ3v) is 2.74. The number of carbonyl (C=O) groups excluding carboxylic acids is 1. The quantitative estimate of drug-likeness (QED) is 0.711. The van der Waals surface area contributed by atoms with Gasteiger partial charge in [-0.3, -0.25) is 4.79 Å². The van der Waals surface area contributed by atoms with Gasteiger partial charge in [0.15, 0.2) is 0 Å². The summed E-state index contributed by atoms with van der Waals surface area (Å²) in [7, 11) is 0. The van der Waals surface area contributed by atoms with Crippen molar-refractivity contribution in [3.05, 3.63) is 23.8 Å². The van der Waals surface area contributed by atoms with E-state index < -0.39 is 0 Å². The molecule has 1 fully saturated rings. The molecule has 1 aliphatic heterocycles. The molecule has 0 unspecified atom stereocenters. The summed E-state index contributed by atoms with van der Waals surface area (Å²) in [6.45, 7) is 3.38. The lowest BCUT2D eigenvalue weighted by atomic mass is 10.3. The summed E-state index contributed by atoms with van der Waals surface area (Å²) in [6.07, 6.45) is 4.02. The second-order valence-corrected chi connectivity index (χ2v) is 3.97. The summed E-state index contributed by atoms with van der Waals surface area (Å²) in [6, 6.07) is 1.89. The topological polar surface area (TPSA) is 46.1 Å². The van der Waals surface area contributed by atoms with E-state index in [4.69, 9.17) is 0 Å². The van der Waals surface area contributed by atoms with E-state index in [-0.39, 0.29) is 5.91 Å². The zero-order valence-corrected chi connectivity index (χ0v) is 9.94. The van der Waals surface area contributed by atoms with Crippen LogP contribution in [0.5, 0.6) is 0 Å². The number of hydrogen-bond donors (Lipinski definition) is 0. The van der Waals surface area contributed by atoms with Crippen LogP contribution in [0.4, 0.5) is 0 Å². The fraction of sp³-hybridized carbons (Fsp3) is 0.462. The Labute approximate surface area is 101 Å². The van der Waals surface area contributed by atoms with Crippen molar-refractivity contribution in [2.75, 3.05) is 13.1 Å². The highest BCUT2D eigenvalue weighted by Gasteiger charge is 2.18. The maximum atomic E-state index is 11.3. The van der Waals surface area contributed by atoms with Gasteiger partial charge in [0, 0.05) is 18.7 Å². The zero-order chi connectivity index (χ0) is 12.1. The normalized spacial score (nSPS) is 14.6. The molecular weight excluding hydrogens is 214 g/mol. The molecule has 0 aliphatic carbocycles. The summed E-state index contributed by atoms with van der Waals surface area (Å²) >= 11 is 0. The largest absolute Gasteiger partial charge is 0.332 e. The molecule has 0 saturated carbocycles. The van der Waals surface area contributed by atoms with Crippen LogP contribution in [-0.4, -0.2) is 33.9 Å². The van der Waals surface area contributed by atoms with Gasteiger partial charge < -0.3 is 4.90 Å². The third-order valence-electron chi connectivity index (χ3n) is 2.74. The number of nitrogens with zero attached hydrogens (tertiary/aromatic N) is 3. The highest BCUT2D eigenvalue weighted by atomic mass is 16.2. The molecule has 0 N–H and O–H groups in total. The van der Waals surface area contributed by atoms with Gasteiger partial charge in [-0.2, -0.15) is 0 Å². The Morgan fingerprint density at radius 2 is 2.35 bits per heavy atom. The molecule has 1 aromatic heterocycles. The van der Waals surface area contributed by atoms with Gasteiger partial charge in [0.05, 0.1) is 6.54 Å². The number of carbonyl (C=O) groups is 1. The lowest BCUT2D eigenvalue weighted by molar-refractivity contribution is -0.127. The first-order chi connectivity index (χ1) is 8.29. The molecule has 0 spiro atoms. The number of amides is 1. The van der Waals surface area contributed by atoms with E-state index in [1.54, 1.807) is 4.90 Å². The number of aryl methyl sites for hydroxylation is 1. The van der Waals surface area contributed by atoms with Gasteiger partial charge in [-0.15, -0.1) is 0 Å². The molecule has 88 valence electrons. The van der Waals surface area contributed by atoms with Gasteiger partial charge in [0.1, 0.15) is 12.0 Å². The molecule has 17 heavy (non-hydrogen) atoms. The Balaban J connectivity index is 1.98. The molecule has 1 saturated heterocycles. The van der Waals surface area contributed by atoms with Crippen molar-refractivity contribution in [3.63, 3.8) is 0 Å². The zero-order valence-electron chi connectivity index (χ0n) is 9.94. The van der Waals surface area contributed by atoms with Crippen LogP contribution >= 0.6 is 0 Å². The molecule has 0 atom stereocenters. The first-order valence-electron chi connectivity index (χ1n) is 5.87. The fourth-order valence-corrected chi connectivity index (χ4v) is 1.76. The van der Waals surface area contributed by atoms with Crippen LogP contribution in [0.25, 0.3) is 0 Å². The maximum absolute atomic E-state index is 11.3. The Morgan fingerprint density at radius 1 is 1.47 bits per heavy atom. The van der Waals surface area contributed by atoms with Crippen LogP contribution < -0.4 is 0 Å². The van der Waals surface area contributed by atoms with Crippen molar-refractivity contribution in [1.82, 2.24) is 14.9 Å². The smallest absolute Gasteiger partial charge is 0.223 e. The fourth-order valence-electron chi connectivity index (χ4n) is 1.76. The summed E-state index contributed by atoms with van der Waals surface area (Å²) in [5.41, 5.74) is 1.71. The van der Waals surface area contributed by atoms with Crippen molar-refractivity contribution < 1.29 is 4.79 Å². The second-order valence-electron chi connectivity index (χ2n) is 3.97. The van der Waals surface area contributed by atoms with E-state index in [2.05, 4.69) is 21.8 Å². The minimum Gasteiger partial charge on any atom is -0.332 e. The third kappa shape index (κ3) is 3.04.